The number of carbonyl (C=O) groups excluding carboxylic acids is 1. The standard InChI is InChI=1S/C18H22FN3O4S2/c19-15-4-1-2-5-16(15)22(28(24,25)18-6-3-13-27-18)14-17(23)20-7-8-21-9-11-26-12-10-21/h1-6,13H,7-12,14H2,(H,20,23). The summed E-state index contributed by atoms with van der Waals surface area (Å²) >= 11 is 1.02. The Morgan fingerprint density at radius 3 is 2.64 bits per heavy atom. The molecular formula is C18H22FN3O4S2. The van der Waals surface area contributed by atoms with Gasteiger partial charge in [-0.25, -0.2) is 12.8 Å². The molecular weight excluding hydrogens is 405 g/mol. The third kappa shape index (κ3) is 5.07. The molecule has 0 bridgehead atoms. The number of carbonyl (C=O) groups is 1. The summed E-state index contributed by atoms with van der Waals surface area (Å²) in [5.41, 5.74) is -0.153. The van der Waals surface area contributed by atoms with Crippen LogP contribution in [0.2, 0.25) is 0 Å². The van der Waals surface area contributed by atoms with Gasteiger partial charge in [0.2, 0.25) is 5.91 Å². The first-order valence-corrected chi connectivity index (χ1v) is 11.2. The monoisotopic (exact) mass is 427 g/mol. The summed E-state index contributed by atoms with van der Waals surface area (Å²) in [6.45, 7) is 3.44. The Bertz CT molecular complexity index is 884. The van der Waals surface area contributed by atoms with Gasteiger partial charge in [-0.3, -0.25) is 14.0 Å². The Morgan fingerprint density at radius 1 is 1.21 bits per heavy atom. The van der Waals surface area contributed by atoms with Gasteiger partial charge in [-0.05, 0) is 23.6 Å². The van der Waals surface area contributed by atoms with Crippen molar-refractivity contribution in [3.63, 3.8) is 0 Å². The topological polar surface area (TPSA) is 79.0 Å². The van der Waals surface area contributed by atoms with Gasteiger partial charge in [0, 0.05) is 26.2 Å². The molecule has 2 heterocycles. The van der Waals surface area contributed by atoms with Crippen molar-refractivity contribution in [3.05, 3.63) is 47.6 Å². The van der Waals surface area contributed by atoms with Crippen molar-refractivity contribution in [1.29, 1.82) is 0 Å². The van der Waals surface area contributed by atoms with Gasteiger partial charge in [-0.15, -0.1) is 11.3 Å². The number of benzene rings is 1. The molecule has 1 aliphatic heterocycles. The Labute approximate surface area is 167 Å². The summed E-state index contributed by atoms with van der Waals surface area (Å²) in [7, 11) is -4.05. The van der Waals surface area contributed by atoms with E-state index >= 15 is 0 Å². The number of morpholine rings is 1. The van der Waals surface area contributed by atoms with E-state index in [4.69, 9.17) is 4.74 Å². The van der Waals surface area contributed by atoms with E-state index in [1.807, 2.05) is 0 Å². The highest BCUT2D eigenvalue weighted by Crippen LogP contribution is 2.28. The minimum atomic E-state index is -4.05. The predicted molar refractivity (Wildman–Crippen MR) is 106 cm³/mol. The average Bonchev–Trinajstić information content (AvgIpc) is 3.23. The maximum Gasteiger partial charge on any atom is 0.274 e. The molecule has 1 amide bonds. The fourth-order valence-corrected chi connectivity index (χ4v) is 5.37. The van der Waals surface area contributed by atoms with Crippen LogP contribution in [0.25, 0.3) is 0 Å². The van der Waals surface area contributed by atoms with Crippen LogP contribution in [0.4, 0.5) is 10.1 Å². The van der Waals surface area contributed by atoms with Gasteiger partial charge in [0.1, 0.15) is 16.6 Å². The number of halogens is 1. The lowest BCUT2D eigenvalue weighted by molar-refractivity contribution is -0.119. The number of rotatable bonds is 8. The second kappa shape index (κ2) is 9.46. The highest BCUT2D eigenvalue weighted by molar-refractivity contribution is 7.94. The molecule has 0 atom stereocenters. The molecule has 1 aliphatic rings. The van der Waals surface area contributed by atoms with Crippen LogP contribution in [0.3, 0.4) is 0 Å². The minimum absolute atomic E-state index is 0.0527. The summed E-state index contributed by atoms with van der Waals surface area (Å²) in [4.78, 5) is 14.6. The molecule has 10 heteroatoms. The first kappa shape index (κ1) is 20.7. The maximum absolute atomic E-state index is 14.3. The van der Waals surface area contributed by atoms with Crippen LogP contribution in [0.1, 0.15) is 0 Å². The van der Waals surface area contributed by atoms with E-state index in [0.29, 0.717) is 26.3 Å². The Morgan fingerprint density at radius 2 is 1.96 bits per heavy atom. The van der Waals surface area contributed by atoms with E-state index < -0.39 is 28.3 Å². The Balaban J connectivity index is 1.70. The number of anilines is 1. The largest absolute Gasteiger partial charge is 0.379 e. The number of sulfonamides is 1. The number of hydrogen-bond acceptors (Lipinski definition) is 6. The van der Waals surface area contributed by atoms with Crippen molar-refractivity contribution in [3.8, 4) is 0 Å². The fourth-order valence-electron chi connectivity index (χ4n) is 2.84. The molecule has 28 heavy (non-hydrogen) atoms. The van der Waals surface area contributed by atoms with Gasteiger partial charge < -0.3 is 10.1 Å². The zero-order chi connectivity index (χ0) is 20.0. The molecule has 0 aliphatic carbocycles. The lowest BCUT2D eigenvalue weighted by Crippen LogP contribution is -2.45. The highest BCUT2D eigenvalue weighted by Gasteiger charge is 2.29. The summed E-state index contributed by atoms with van der Waals surface area (Å²) in [5.74, 6) is -1.19. The van der Waals surface area contributed by atoms with Gasteiger partial charge in [0.15, 0.2) is 0 Å². The summed E-state index contributed by atoms with van der Waals surface area (Å²) in [5, 5.41) is 4.34. The molecule has 1 N–H and O–H groups in total. The number of nitrogens with one attached hydrogen (secondary N) is 1. The van der Waals surface area contributed by atoms with E-state index in [2.05, 4.69) is 10.2 Å². The Hall–Kier alpha value is -2.01. The maximum atomic E-state index is 14.3. The van der Waals surface area contributed by atoms with Crippen LogP contribution in [-0.4, -0.2) is 65.2 Å². The summed E-state index contributed by atoms with van der Waals surface area (Å²) < 4.78 is 46.4. The zero-order valence-electron chi connectivity index (χ0n) is 15.2. The van der Waals surface area contributed by atoms with Crippen LogP contribution in [0.5, 0.6) is 0 Å². The van der Waals surface area contributed by atoms with Gasteiger partial charge >= 0.3 is 0 Å². The molecule has 7 nitrogen and oxygen atoms in total. The van der Waals surface area contributed by atoms with Gasteiger partial charge in [-0.2, -0.15) is 0 Å². The number of para-hydroxylation sites is 1. The number of amides is 1. The van der Waals surface area contributed by atoms with Crippen LogP contribution in [-0.2, 0) is 19.6 Å². The fraction of sp³-hybridized carbons (Fsp3) is 0.389. The Kier molecular flexibility index (Phi) is 7.00. The predicted octanol–water partition coefficient (Wildman–Crippen LogP) is 1.53. The van der Waals surface area contributed by atoms with Crippen LogP contribution >= 0.6 is 11.3 Å². The highest BCUT2D eigenvalue weighted by atomic mass is 32.2. The van der Waals surface area contributed by atoms with Crippen LogP contribution in [0.15, 0.2) is 46.0 Å². The van der Waals surface area contributed by atoms with Crippen LogP contribution < -0.4 is 9.62 Å². The minimum Gasteiger partial charge on any atom is -0.379 e. The SMILES string of the molecule is O=C(CN(c1ccccc1F)S(=O)(=O)c1cccs1)NCCN1CCOCC1. The second-order valence-corrected chi connectivity index (χ2v) is 9.24. The molecule has 152 valence electrons. The summed E-state index contributed by atoms with van der Waals surface area (Å²) in [6, 6.07) is 8.55. The van der Waals surface area contributed by atoms with E-state index in [-0.39, 0.29) is 9.90 Å². The third-order valence-electron chi connectivity index (χ3n) is 4.30. The number of nitrogens with zero attached hydrogens (tertiary/aromatic N) is 2. The molecule has 2 aromatic rings. The van der Waals surface area contributed by atoms with Gasteiger partial charge in [0.25, 0.3) is 10.0 Å². The first-order chi connectivity index (χ1) is 13.5. The molecule has 0 saturated carbocycles. The molecule has 0 radical (unpaired) electrons. The molecule has 0 spiro atoms. The zero-order valence-corrected chi connectivity index (χ0v) is 16.8. The van der Waals surface area contributed by atoms with Gasteiger partial charge in [-0.1, -0.05) is 18.2 Å². The van der Waals surface area contributed by atoms with Crippen molar-refractivity contribution < 1.29 is 22.3 Å². The number of hydrogen-bond donors (Lipinski definition) is 1. The first-order valence-electron chi connectivity index (χ1n) is 8.86. The van der Waals surface area contributed by atoms with Crippen molar-refractivity contribution in [1.82, 2.24) is 10.2 Å². The quantitative estimate of drug-likeness (QED) is 0.691. The number of ether oxygens (including phenoxy) is 1. The van der Waals surface area contributed by atoms with E-state index in [0.717, 1.165) is 28.7 Å². The van der Waals surface area contributed by atoms with Crippen LogP contribution in [0, 0.1) is 5.82 Å². The molecule has 1 fully saturated rings. The molecule has 1 aromatic heterocycles. The van der Waals surface area contributed by atoms with Crippen molar-refractivity contribution in [2.24, 2.45) is 0 Å². The molecule has 1 aromatic carbocycles. The smallest absolute Gasteiger partial charge is 0.274 e. The normalized spacial score (nSPS) is 15.3. The lowest BCUT2D eigenvalue weighted by Gasteiger charge is -2.27. The summed E-state index contributed by atoms with van der Waals surface area (Å²) in [6.07, 6.45) is 0. The van der Waals surface area contributed by atoms with Crippen molar-refractivity contribution in [2.75, 3.05) is 50.2 Å². The van der Waals surface area contributed by atoms with E-state index in [9.17, 15) is 17.6 Å². The second-order valence-electron chi connectivity index (χ2n) is 6.20. The van der Waals surface area contributed by atoms with Crippen molar-refractivity contribution in [2.45, 2.75) is 4.21 Å². The number of thiophene rings is 1. The molecule has 1 saturated heterocycles. The van der Waals surface area contributed by atoms with E-state index in [1.54, 1.807) is 11.4 Å². The average molecular weight is 428 g/mol. The van der Waals surface area contributed by atoms with E-state index in [1.165, 1.54) is 30.3 Å². The molecule has 3 rings (SSSR count). The molecule has 0 unspecified atom stereocenters. The lowest BCUT2D eigenvalue weighted by atomic mass is 10.3. The van der Waals surface area contributed by atoms with Gasteiger partial charge in [0.05, 0.1) is 18.9 Å². The third-order valence-corrected chi connectivity index (χ3v) is 7.43. The van der Waals surface area contributed by atoms with Crippen molar-refractivity contribution >= 4 is 33.0 Å².